The van der Waals surface area contributed by atoms with Gasteiger partial charge in [-0.05, 0) is 79.5 Å². The van der Waals surface area contributed by atoms with Crippen LogP contribution in [0.15, 0.2) is 42.5 Å². The molecule has 0 aliphatic heterocycles. The summed E-state index contributed by atoms with van der Waals surface area (Å²) in [6.45, 7) is 1.23. The van der Waals surface area contributed by atoms with Crippen LogP contribution in [-0.2, 0) is 27.2 Å². The Labute approximate surface area is 217 Å². The predicted octanol–water partition coefficient (Wildman–Crippen LogP) is 7.47. The van der Waals surface area contributed by atoms with Crippen LogP contribution in [0.3, 0.4) is 0 Å². The third-order valence-electron chi connectivity index (χ3n) is 7.08. The first-order valence-corrected chi connectivity index (χ1v) is 14.0. The molecule has 204 valence electrons. The van der Waals surface area contributed by atoms with E-state index in [4.69, 9.17) is 4.89 Å². The molecule has 1 unspecified atom stereocenters. The average Bonchev–Trinajstić information content (AvgIpc) is 2.86. The van der Waals surface area contributed by atoms with Gasteiger partial charge in [-0.1, -0.05) is 43.9 Å². The van der Waals surface area contributed by atoms with E-state index in [1.165, 1.54) is 30.2 Å². The van der Waals surface area contributed by atoms with Crippen LogP contribution in [-0.4, -0.2) is 24.6 Å². The van der Waals surface area contributed by atoms with Gasteiger partial charge < -0.3 is 10.6 Å². The molecule has 1 aliphatic carbocycles. The fourth-order valence-corrected chi connectivity index (χ4v) is 5.47. The molecule has 1 atom stereocenters. The van der Waals surface area contributed by atoms with Gasteiger partial charge in [0.05, 0.1) is 5.56 Å². The molecule has 10 heteroatoms. The van der Waals surface area contributed by atoms with Gasteiger partial charge in [0.15, 0.2) is 0 Å². The number of hydrogen-bond acceptors (Lipinski definition) is 4. The Hall–Kier alpha value is -2.06. The molecule has 0 saturated heterocycles. The summed E-state index contributed by atoms with van der Waals surface area (Å²) in [5.74, 6) is -0.243. The Balaban J connectivity index is 1.51. The number of benzene rings is 2. The zero-order valence-corrected chi connectivity index (χ0v) is 21.9. The summed E-state index contributed by atoms with van der Waals surface area (Å²) in [6.07, 6.45) is 4.17. The Morgan fingerprint density at radius 3 is 2.38 bits per heavy atom. The fraction of sp³-hybridized carbons (Fsp3) is 0.556. The Morgan fingerprint density at radius 2 is 1.70 bits per heavy atom. The monoisotopic (exact) mass is 543 g/mol. The molecule has 37 heavy (non-hydrogen) atoms. The SMILES string of the molecule is O=[P+](O)OCCCNCc1ccc(NCCCCC2(c3ccc(F)cc3)CCCCC2)c(C(F)(F)F)c1. The quantitative estimate of drug-likeness (QED) is 0.131. The van der Waals surface area contributed by atoms with Crippen LogP contribution in [0, 0.1) is 5.82 Å². The molecule has 1 saturated carbocycles. The summed E-state index contributed by atoms with van der Waals surface area (Å²) >= 11 is 0. The highest BCUT2D eigenvalue weighted by molar-refractivity contribution is 7.32. The summed E-state index contributed by atoms with van der Waals surface area (Å²) in [4.78, 5) is 8.58. The van der Waals surface area contributed by atoms with Crippen LogP contribution in [0.5, 0.6) is 0 Å². The minimum absolute atomic E-state index is 0.0273. The summed E-state index contributed by atoms with van der Waals surface area (Å²) in [5, 5.41) is 6.00. The van der Waals surface area contributed by atoms with Gasteiger partial charge in [-0.25, -0.2) is 4.39 Å². The molecule has 2 aromatic carbocycles. The first kappa shape index (κ1) is 29.5. The van der Waals surface area contributed by atoms with Crippen LogP contribution in [0.2, 0.25) is 0 Å². The van der Waals surface area contributed by atoms with E-state index in [1.54, 1.807) is 6.07 Å². The number of anilines is 1. The zero-order valence-electron chi connectivity index (χ0n) is 21.0. The number of rotatable bonds is 14. The summed E-state index contributed by atoms with van der Waals surface area (Å²) in [7, 11) is -2.63. The molecule has 2 aromatic rings. The van der Waals surface area contributed by atoms with Crippen molar-refractivity contribution in [3.05, 3.63) is 65.0 Å². The number of unbranched alkanes of at least 4 members (excludes halogenated alkanes) is 1. The van der Waals surface area contributed by atoms with Gasteiger partial charge in [-0.2, -0.15) is 13.2 Å². The molecular weight excluding hydrogens is 507 g/mol. The molecule has 0 bridgehead atoms. The van der Waals surface area contributed by atoms with E-state index in [0.29, 0.717) is 25.1 Å². The van der Waals surface area contributed by atoms with Crippen LogP contribution >= 0.6 is 8.25 Å². The molecule has 0 amide bonds. The first-order valence-electron chi connectivity index (χ1n) is 12.9. The van der Waals surface area contributed by atoms with E-state index in [-0.39, 0.29) is 30.1 Å². The van der Waals surface area contributed by atoms with Gasteiger partial charge in [0, 0.05) is 23.3 Å². The van der Waals surface area contributed by atoms with Gasteiger partial charge in [0.25, 0.3) is 0 Å². The van der Waals surface area contributed by atoms with Crippen LogP contribution < -0.4 is 10.6 Å². The Bertz CT molecular complexity index is 996. The summed E-state index contributed by atoms with van der Waals surface area (Å²) in [6, 6.07) is 11.1. The highest BCUT2D eigenvalue weighted by atomic mass is 31.1. The van der Waals surface area contributed by atoms with E-state index in [1.807, 2.05) is 12.1 Å². The predicted molar refractivity (Wildman–Crippen MR) is 137 cm³/mol. The van der Waals surface area contributed by atoms with Crippen molar-refractivity contribution in [3.8, 4) is 0 Å². The molecule has 1 fully saturated rings. The molecule has 0 radical (unpaired) electrons. The lowest BCUT2D eigenvalue weighted by molar-refractivity contribution is -0.137. The zero-order chi connectivity index (χ0) is 26.7. The number of hydrogen-bond donors (Lipinski definition) is 3. The van der Waals surface area contributed by atoms with E-state index in [2.05, 4.69) is 15.2 Å². The van der Waals surface area contributed by atoms with E-state index < -0.39 is 20.0 Å². The molecule has 3 N–H and O–H groups in total. The molecule has 0 heterocycles. The van der Waals surface area contributed by atoms with Crippen molar-refractivity contribution < 1.29 is 31.5 Å². The van der Waals surface area contributed by atoms with Crippen molar-refractivity contribution in [3.63, 3.8) is 0 Å². The fourth-order valence-electron chi connectivity index (χ4n) is 5.19. The third-order valence-corrected chi connectivity index (χ3v) is 7.49. The van der Waals surface area contributed by atoms with E-state index in [0.717, 1.165) is 51.0 Å². The highest BCUT2D eigenvalue weighted by Gasteiger charge is 2.34. The van der Waals surface area contributed by atoms with Crippen molar-refractivity contribution in [2.24, 2.45) is 0 Å². The van der Waals surface area contributed by atoms with E-state index in [9.17, 15) is 22.1 Å². The van der Waals surface area contributed by atoms with Crippen molar-refractivity contribution >= 4 is 13.9 Å². The summed E-state index contributed by atoms with van der Waals surface area (Å²) < 4.78 is 69.6. The van der Waals surface area contributed by atoms with E-state index >= 15 is 0 Å². The van der Waals surface area contributed by atoms with Gasteiger partial charge in [-0.15, -0.1) is 9.42 Å². The lowest BCUT2D eigenvalue weighted by Gasteiger charge is -2.38. The van der Waals surface area contributed by atoms with Gasteiger partial charge in [0.2, 0.25) is 0 Å². The maximum absolute atomic E-state index is 13.7. The van der Waals surface area contributed by atoms with Gasteiger partial charge in [0.1, 0.15) is 12.4 Å². The van der Waals surface area contributed by atoms with Crippen molar-refractivity contribution in [1.29, 1.82) is 0 Å². The number of halogens is 4. The highest BCUT2D eigenvalue weighted by Crippen LogP contribution is 2.43. The second-order valence-electron chi connectivity index (χ2n) is 9.71. The largest absolute Gasteiger partial charge is 0.694 e. The average molecular weight is 544 g/mol. The smallest absolute Gasteiger partial charge is 0.385 e. The van der Waals surface area contributed by atoms with Crippen LogP contribution in [0.25, 0.3) is 0 Å². The molecule has 3 rings (SSSR count). The molecule has 0 spiro atoms. The Morgan fingerprint density at radius 1 is 0.973 bits per heavy atom. The Kier molecular flexibility index (Phi) is 11.3. The minimum Gasteiger partial charge on any atom is -0.385 e. The number of nitrogens with one attached hydrogen (secondary N) is 2. The van der Waals surface area contributed by atoms with Crippen LogP contribution in [0.4, 0.5) is 23.2 Å². The first-order chi connectivity index (χ1) is 17.7. The molecule has 5 nitrogen and oxygen atoms in total. The topological polar surface area (TPSA) is 70.6 Å². The van der Waals surface area contributed by atoms with Crippen molar-refractivity contribution in [2.75, 3.05) is 25.0 Å². The lowest BCUT2D eigenvalue weighted by Crippen LogP contribution is -2.29. The normalized spacial score (nSPS) is 16.0. The second-order valence-corrected chi connectivity index (χ2v) is 10.4. The third kappa shape index (κ3) is 9.32. The standard InChI is InChI=1S/C27H35F4N2O3P/c28-23-10-8-22(9-11-23)26(13-2-1-3-14-26)15-4-5-17-33-25-12-7-21(19-24(25)27(29,30)31)20-32-16-6-18-36-37(34)35/h7-12,19,32-33H,1-6,13-18,20H2/p+1. The maximum atomic E-state index is 13.7. The maximum Gasteiger partial charge on any atom is 0.694 e. The molecular formula is C27H36F4N2O3P+. The number of alkyl halides is 3. The molecule has 0 aromatic heterocycles. The summed E-state index contributed by atoms with van der Waals surface area (Å²) in [5.41, 5.74) is 1.08. The minimum atomic E-state index is -4.48. The van der Waals surface area contributed by atoms with Gasteiger partial charge >= 0.3 is 14.4 Å². The van der Waals surface area contributed by atoms with Crippen molar-refractivity contribution in [1.82, 2.24) is 5.32 Å². The van der Waals surface area contributed by atoms with Gasteiger partial charge in [-0.3, -0.25) is 0 Å². The van der Waals surface area contributed by atoms with Crippen LogP contribution in [0.1, 0.15) is 74.5 Å². The molecule has 1 aliphatic rings. The lowest BCUT2D eigenvalue weighted by atomic mass is 9.67. The second kappa shape index (κ2) is 14.2. The van der Waals surface area contributed by atoms with Crippen molar-refractivity contribution in [2.45, 2.75) is 75.9 Å².